The van der Waals surface area contributed by atoms with Crippen molar-refractivity contribution >= 4 is 29.9 Å². The molecule has 0 radical (unpaired) electrons. The molecule has 1 aromatic carbocycles. The molecule has 2 saturated heterocycles. The van der Waals surface area contributed by atoms with E-state index in [2.05, 4.69) is 10.6 Å². The standard InChI is InChI=1S/C18H25ClN2O2.ClH/c19-16-6-2-1-5-15(16)18(7-10-23-11-8-18)17(22)21-13-14-4-3-9-20-12-14;/h1-2,5-6,14,20H,3-4,7-13H2,(H,21,22);1H. The predicted octanol–water partition coefficient (Wildman–Crippen LogP) is 2.93. The van der Waals surface area contributed by atoms with Gasteiger partial charge in [0.15, 0.2) is 0 Å². The molecule has 0 aliphatic carbocycles. The number of amides is 1. The summed E-state index contributed by atoms with van der Waals surface area (Å²) < 4.78 is 5.50. The molecule has 2 heterocycles. The molecule has 0 spiro atoms. The minimum Gasteiger partial charge on any atom is -0.381 e. The maximum atomic E-state index is 13.1. The molecule has 2 fully saturated rings. The summed E-state index contributed by atoms with van der Waals surface area (Å²) in [5.41, 5.74) is 0.378. The van der Waals surface area contributed by atoms with Crippen LogP contribution >= 0.6 is 24.0 Å². The molecule has 1 unspecified atom stereocenters. The van der Waals surface area contributed by atoms with E-state index in [1.807, 2.05) is 24.3 Å². The molecule has 2 N–H and O–H groups in total. The fraction of sp³-hybridized carbons (Fsp3) is 0.611. The Balaban J connectivity index is 0.00000208. The summed E-state index contributed by atoms with van der Waals surface area (Å²) in [4.78, 5) is 13.1. The lowest BCUT2D eigenvalue weighted by molar-refractivity contribution is -0.130. The van der Waals surface area contributed by atoms with Gasteiger partial charge < -0.3 is 15.4 Å². The van der Waals surface area contributed by atoms with Crippen molar-refractivity contribution in [2.24, 2.45) is 5.92 Å². The summed E-state index contributed by atoms with van der Waals surface area (Å²) in [6.45, 7) is 4.01. The van der Waals surface area contributed by atoms with E-state index in [0.717, 1.165) is 25.2 Å². The van der Waals surface area contributed by atoms with Crippen LogP contribution in [0.1, 0.15) is 31.2 Å². The molecule has 1 atom stereocenters. The van der Waals surface area contributed by atoms with Gasteiger partial charge in [-0.15, -0.1) is 12.4 Å². The number of ether oxygens (including phenoxy) is 1. The van der Waals surface area contributed by atoms with Gasteiger partial charge in [-0.3, -0.25) is 4.79 Å². The molecule has 0 saturated carbocycles. The minimum absolute atomic E-state index is 0. The van der Waals surface area contributed by atoms with Crippen LogP contribution in [-0.2, 0) is 14.9 Å². The first-order valence-corrected chi connectivity index (χ1v) is 8.92. The lowest BCUT2D eigenvalue weighted by atomic mass is 9.73. The lowest BCUT2D eigenvalue weighted by Gasteiger charge is -2.37. The Morgan fingerprint density at radius 2 is 2.08 bits per heavy atom. The van der Waals surface area contributed by atoms with Gasteiger partial charge in [-0.05, 0) is 56.3 Å². The van der Waals surface area contributed by atoms with Gasteiger partial charge in [-0.2, -0.15) is 0 Å². The highest BCUT2D eigenvalue weighted by Crippen LogP contribution is 2.38. The largest absolute Gasteiger partial charge is 0.381 e. The van der Waals surface area contributed by atoms with E-state index in [1.54, 1.807) is 0 Å². The van der Waals surface area contributed by atoms with Crippen molar-refractivity contribution in [2.45, 2.75) is 31.1 Å². The monoisotopic (exact) mass is 372 g/mol. The number of benzene rings is 1. The molecule has 2 aliphatic heterocycles. The molecule has 2 aliphatic rings. The van der Waals surface area contributed by atoms with Crippen LogP contribution in [-0.4, -0.2) is 38.8 Å². The zero-order valence-electron chi connectivity index (χ0n) is 13.9. The van der Waals surface area contributed by atoms with Crippen molar-refractivity contribution in [2.75, 3.05) is 32.8 Å². The van der Waals surface area contributed by atoms with E-state index in [4.69, 9.17) is 16.3 Å². The fourth-order valence-corrected chi connectivity index (χ4v) is 4.01. The number of halogens is 2. The van der Waals surface area contributed by atoms with Gasteiger partial charge in [0.25, 0.3) is 0 Å². The first-order chi connectivity index (χ1) is 11.2. The Morgan fingerprint density at radius 3 is 2.75 bits per heavy atom. The van der Waals surface area contributed by atoms with Crippen LogP contribution in [0.3, 0.4) is 0 Å². The quantitative estimate of drug-likeness (QED) is 0.853. The van der Waals surface area contributed by atoms with Gasteiger partial charge in [-0.25, -0.2) is 0 Å². The average molecular weight is 373 g/mol. The predicted molar refractivity (Wildman–Crippen MR) is 99.0 cm³/mol. The SMILES string of the molecule is Cl.O=C(NCC1CCCNC1)C1(c2ccccc2Cl)CCOCC1. The normalized spacial score (nSPS) is 23.1. The van der Waals surface area contributed by atoms with Crippen LogP contribution in [0, 0.1) is 5.92 Å². The average Bonchev–Trinajstić information content (AvgIpc) is 2.61. The van der Waals surface area contributed by atoms with Gasteiger partial charge in [0, 0.05) is 24.8 Å². The maximum Gasteiger partial charge on any atom is 0.230 e. The second-order valence-electron chi connectivity index (χ2n) is 6.60. The maximum absolute atomic E-state index is 13.1. The highest BCUT2D eigenvalue weighted by atomic mass is 35.5. The van der Waals surface area contributed by atoms with Crippen molar-refractivity contribution in [3.8, 4) is 0 Å². The Kier molecular flexibility index (Phi) is 7.35. The zero-order valence-corrected chi connectivity index (χ0v) is 15.4. The lowest BCUT2D eigenvalue weighted by Crippen LogP contribution is -2.50. The van der Waals surface area contributed by atoms with Crippen LogP contribution < -0.4 is 10.6 Å². The number of nitrogens with one attached hydrogen (secondary N) is 2. The van der Waals surface area contributed by atoms with Gasteiger partial charge >= 0.3 is 0 Å². The van der Waals surface area contributed by atoms with E-state index in [0.29, 0.717) is 37.0 Å². The Bertz CT molecular complexity index is 542. The minimum atomic E-state index is -0.557. The van der Waals surface area contributed by atoms with Crippen LogP contribution in [0.4, 0.5) is 0 Å². The molecule has 24 heavy (non-hydrogen) atoms. The highest BCUT2D eigenvalue weighted by Gasteiger charge is 2.42. The van der Waals surface area contributed by atoms with Gasteiger partial charge in [0.1, 0.15) is 0 Å². The third kappa shape index (κ3) is 4.23. The topological polar surface area (TPSA) is 50.4 Å². The first kappa shape index (κ1) is 19.5. The van der Waals surface area contributed by atoms with Crippen LogP contribution in [0.15, 0.2) is 24.3 Å². The van der Waals surface area contributed by atoms with Crippen molar-refractivity contribution in [1.82, 2.24) is 10.6 Å². The summed E-state index contributed by atoms with van der Waals surface area (Å²) in [5, 5.41) is 7.26. The molecule has 3 rings (SSSR count). The number of carbonyl (C=O) groups excluding carboxylic acids is 1. The Morgan fingerprint density at radius 1 is 1.33 bits per heavy atom. The van der Waals surface area contributed by atoms with Crippen LogP contribution in [0.2, 0.25) is 5.02 Å². The third-order valence-electron chi connectivity index (χ3n) is 5.12. The molecule has 1 aromatic rings. The van der Waals surface area contributed by atoms with Crippen molar-refractivity contribution in [3.05, 3.63) is 34.9 Å². The second kappa shape index (κ2) is 9.04. The second-order valence-corrected chi connectivity index (χ2v) is 7.00. The molecule has 4 nitrogen and oxygen atoms in total. The molecular formula is C18H26Cl2N2O2. The molecular weight excluding hydrogens is 347 g/mol. The molecule has 134 valence electrons. The number of rotatable bonds is 4. The summed E-state index contributed by atoms with van der Waals surface area (Å²) in [7, 11) is 0. The Hall–Kier alpha value is -0.810. The number of hydrogen-bond donors (Lipinski definition) is 2. The van der Waals surface area contributed by atoms with E-state index in [-0.39, 0.29) is 18.3 Å². The van der Waals surface area contributed by atoms with E-state index in [1.165, 1.54) is 12.8 Å². The van der Waals surface area contributed by atoms with Crippen molar-refractivity contribution < 1.29 is 9.53 Å². The Labute approximate surface area is 155 Å². The van der Waals surface area contributed by atoms with Crippen LogP contribution in [0.5, 0.6) is 0 Å². The number of hydrogen-bond acceptors (Lipinski definition) is 3. The molecule has 0 aromatic heterocycles. The van der Waals surface area contributed by atoms with E-state index < -0.39 is 5.41 Å². The molecule has 6 heteroatoms. The molecule has 0 bridgehead atoms. The van der Waals surface area contributed by atoms with Gasteiger partial charge in [-0.1, -0.05) is 29.8 Å². The molecule has 1 amide bonds. The third-order valence-corrected chi connectivity index (χ3v) is 5.45. The fourth-order valence-electron chi connectivity index (χ4n) is 3.69. The van der Waals surface area contributed by atoms with Gasteiger partial charge in [0.2, 0.25) is 5.91 Å². The summed E-state index contributed by atoms with van der Waals surface area (Å²) in [6.07, 6.45) is 3.73. The zero-order chi connectivity index (χ0) is 16.1. The number of carbonyl (C=O) groups is 1. The highest BCUT2D eigenvalue weighted by molar-refractivity contribution is 6.31. The number of piperidine rings is 1. The summed E-state index contributed by atoms with van der Waals surface area (Å²) >= 11 is 6.41. The van der Waals surface area contributed by atoms with Gasteiger partial charge in [0.05, 0.1) is 5.41 Å². The summed E-state index contributed by atoms with van der Waals surface area (Å²) in [5.74, 6) is 0.621. The van der Waals surface area contributed by atoms with Crippen LogP contribution in [0.25, 0.3) is 0 Å². The van der Waals surface area contributed by atoms with Crippen molar-refractivity contribution in [1.29, 1.82) is 0 Å². The smallest absolute Gasteiger partial charge is 0.230 e. The van der Waals surface area contributed by atoms with Crippen molar-refractivity contribution in [3.63, 3.8) is 0 Å². The summed E-state index contributed by atoms with van der Waals surface area (Å²) in [6, 6.07) is 7.71. The van der Waals surface area contributed by atoms with E-state index >= 15 is 0 Å². The van der Waals surface area contributed by atoms with E-state index in [9.17, 15) is 4.79 Å². The first-order valence-electron chi connectivity index (χ1n) is 8.54.